The molecule has 0 spiro atoms. The fraction of sp³-hybridized carbons (Fsp3) is 0.125. The molecule has 0 aromatic heterocycles. The van der Waals surface area contributed by atoms with Crippen LogP contribution in [0.25, 0.3) is 0 Å². The van der Waals surface area contributed by atoms with Gasteiger partial charge in [-0.05, 0) is 12.1 Å². The van der Waals surface area contributed by atoms with E-state index in [-0.39, 0.29) is 62.8 Å². The Morgan fingerprint density at radius 3 is 2.17 bits per heavy atom. The minimum Gasteiger partial charge on any atom is -0.870 e. The van der Waals surface area contributed by atoms with Crippen LogP contribution in [-0.2, 0) is 4.74 Å². The second-order valence-electron chi connectivity index (χ2n) is 1.86. The van der Waals surface area contributed by atoms with Crippen LogP contribution in [0.4, 0.5) is 0 Å². The smallest absolute Gasteiger partial charge is 0.870 e. The molecule has 12 heavy (non-hydrogen) atoms. The van der Waals surface area contributed by atoms with Gasteiger partial charge in [-0.2, -0.15) is 0 Å². The second kappa shape index (κ2) is 7.91. The van der Waals surface area contributed by atoms with Crippen molar-refractivity contribution in [2.45, 2.75) is 0 Å². The molecule has 0 aliphatic heterocycles. The van der Waals surface area contributed by atoms with Gasteiger partial charge in [0, 0.05) is 0 Å². The van der Waals surface area contributed by atoms with Gasteiger partial charge in [0.05, 0.1) is 12.7 Å². The van der Waals surface area contributed by atoms with Crippen molar-refractivity contribution in [3.05, 3.63) is 35.9 Å². The number of benzene rings is 1. The molecule has 0 saturated heterocycles. The average Bonchev–Trinajstić information content (AvgIpc) is 2.05. The minimum atomic E-state index is -0.291. The van der Waals surface area contributed by atoms with Gasteiger partial charge >= 0.3 is 57.4 Å². The summed E-state index contributed by atoms with van der Waals surface area (Å²) in [5.74, 6) is -0.291. The third-order valence-corrected chi connectivity index (χ3v) is 1.19. The van der Waals surface area contributed by atoms with Gasteiger partial charge in [-0.15, -0.1) is 0 Å². The summed E-state index contributed by atoms with van der Waals surface area (Å²) in [7, 11) is 1.37. The number of hydrogen-bond donors (Lipinski definition) is 0. The van der Waals surface area contributed by atoms with E-state index >= 15 is 0 Å². The number of carbonyl (C=O) groups excluding carboxylic acids is 1. The van der Waals surface area contributed by atoms with Gasteiger partial charge in [0.15, 0.2) is 0 Å². The molecule has 0 saturated carbocycles. The summed E-state index contributed by atoms with van der Waals surface area (Å²) in [5, 5.41) is 0. The van der Waals surface area contributed by atoms with Crippen molar-refractivity contribution in [1.82, 2.24) is 0 Å². The zero-order valence-corrected chi connectivity index (χ0v) is 10.3. The van der Waals surface area contributed by atoms with Gasteiger partial charge < -0.3 is 10.2 Å². The van der Waals surface area contributed by atoms with Crippen LogP contribution in [0, 0.1) is 0 Å². The molecule has 4 heteroatoms. The Balaban J connectivity index is 0. The molecule has 0 unspecified atom stereocenters. The topological polar surface area (TPSA) is 56.3 Å². The third-order valence-electron chi connectivity index (χ3n) is 1.19. The Hall–Kier alpha value is 0.286. The van der Waals surface area contributed by atoms with Gasteiger partial charge in [-0.25, -0.2) is 4.79 Å². The van der Waals surface area contributed by atoms with Crippen molar-refractivity contribution in [1.29, 1.82) is 0 Å². The molecule has 0 atom stereocenters. The van der Waals surface area contributed by atoms with Crippen molar-refractivity contribution in [2.24, 2.45) is 0 Å². The van der Waals surface area contributed by atoms with Crippen LogP contribution in [-0.4, -0.2) is 18.6 Å². The van der Waals surface area contributed by atoms with Gasteiger partial charge in [-0.1, -0.05) is 18.2 Å². The summed E-state index contributed by atoms with van der Waals surface area (Å²) in [6.45, 7) is 0. The number of rotatable bonds is 1. The number of esters is 1. The van der Waals surface area contributed by atoms with Crippen LogP contribution in [0.3, 0.4) is 0 Å². The zero-order chi connectivity index (χ0) is 7.40. The van der Waals surface area contributed by atoms with Crippen LogP contribution in [0.5, 0.6) is 0 Å². The molecule has 1 rings (SSSR count). The van der Waals surface area contributed by atoms with Crippen LogP contribution in [0.15, 0.2) is 30.3 Å². The molecule has 1 aromatic rings. The van der Waals surface area contributed by atoms with E-state index in [1.54, 1.807) is 24.3 Å². The summed E-state index contributed by atoms with van der Waals surface area (Å²) in [5.41, 5.74) is 0.588. The van der Waals surface area contributed by atoms with Gasteiger partial charge in [0.25, 0.3) is 0 Å². The first-order chi connectivity index (χ1) is 4.84. The predicted molar refractivity (Wildman–Crippen MR) is 39.7 cm³/mol. The summed E-state index contributed by atoms with van der Waals surface area (Å²) in [6, 6.07) is 8.88. The summed E-state index contributed by atoms with van der Waals surface area (Å²) < 4.78 is 4.50. The molecule has 0 aliphatic rings. The van der Waals surface area contributed by atoms with Crippen LogP contribution < -0.4 is 51.4 Å². The quantitative estimate of drug-likeness (QED) is 0.394. The van der Waals surface area contributed by atoms with Crippen molar-refractivity contribution in [2.75, 3.05) is 7.11 Å². The number of ether oxygens (including phenoxy) is 1. The van der Waals surface area contributed by atoms with Crippen LogP contribution in [0.2, 0.25) is 0 Å². The maximum absolute atomic E-state index is 10.8. The van der Waals surface area contributed by atoms with E-state index < -0.39 is 0 Å². The first kappa shape index (κ1) is 14.8. The summed E-state index contributed by atoms with van der Waals surface area (Å²) >= 11 is 0. The van der Waals surface area contributed by atoms with E-state index in [1.807, 2.05) is 6.07 Å². The first-order valence-corrected chi connectivity index (χ1v) is 2.98. The van der Waals surface area contributed by atoms with Gasteiger partial charge in [-0.3, -0.25) is 0 Å². The fourth-order valence-electron chi connectivity index (χ4n) is 0.692. The molecule has 0 bridgehead atoms. The Morgan fingerprint density at radius 1 is 1.25 bits per heavy atom. The number of hydrogen-bond acceptors (Lipinski definition) is 3. The maximum Gasteiger partial charge on any atom is 1.00 e. The van der Waals surface area contributed by atoms with E-state index in [1.165, 1.54) is 7.11 Å². The van der Waals surface area contributed by atoms with Crippen molar-refractivity contribution >= 4 is 5.97 Å². The van der Waals surface area contributed by atoms with E-state index in [2.05, 4.69) is 4.74 Å². The summed E-state index contributed by atoms with van der Waals surface area (Å²) in [4.78, 5) is 10.8. The Kier molecular flexibility index (Phi) is 9.75. The molecule has 0 aliphatic carbocycles. The zero-order valence-electron chi connectivity index (χ0n) is 7.15. The van der Waals surface area contributed by atoms with Crippen molar-refractivity contribution in [3.63, 3.8) is 0 Å². The minimum absolute atomic E-state index is 0. The van der Waals surface area contributed by atoms with E-state index in [0.29, 0.717) is 5.56 Å². The van der Waals surface area contributed by atoms with E-state index in [9.17, 15) is 4.79 Å². The number of methoxy groups -OCH3 is 1. The maximum atomic E-state index is 10.8. The van der Waals surface area contributed by atoms with Crippen molar-refractivity contribution in [3.8, 4) is 0 Å². The Labute approximate surface area is 114 Å². The van der Waals surface area contributed by atoms with E-state index in [4.69, 9.17) is 0 Å². The molecule has 3 nitrogen and oxygen atoms in total. The molecule has 60 valence electrons. The van der Waals surface area contributed by atoms with Crippen LogP contribution in [0.1, 0.15) is 10.4 Å². The SMILES string of the molecule is COC(=O)c1ccccc1.[K+].[OH-]. The molecular formula is C8H9KO3. The van der Waals surface area contributed by atoms with Gasteiger partial charge in [0.1, 0.15) is 0 Å². The average molecular weight is 192 g/mol. The predicted octanol–water partition coefficient (Wildman–Crippen LogP) is -1.70. The second-order valence-corrected chi connectivity index (χ2v) is 1.86. The normalized spacial score (nSPS) is 7.42. The van der Waals surface area contributed by atoms with Crippen molar-refractivity contribution < 1.29 is 66.4 Å². The first-order valence-electron chi connectivity index (χ1n) is 2.98. The summed E-state index contributed by atoms with van der Waals surface area (Å²) in [6.07, 6.45) is 0. The fourth-order valence-corrected chi connectivity index (χ4v) is 0.692. The molecule has 0 fully saturated rings. The monoisotopic (exact) mass is 192 g/mol. The molecule has 1 N–H and O–H groups in total. The standard InChI is InChI=1S/C8H8O2.K.H2O/c1-10-8(9)7-5-3-2-4-6-7;;/h2-6H,1H3;;1H2/q;+1;/p-1. The molecule has 0 heterocycles. The molecule has 0 radical (unpaired) electrons. The number of carbonyl (C=O) groups is 1. The van der Waals surface area contributed by atoms with E-state index in [0.717, 1.165) is 0 Å². The molecule has 0 amide bonds. The Bertz CT molecular complexity index is 223. The van der Waals surface area contributed by atoms with Gasteiger partial charge in [0.2, 0.25) is 0 Å². The third kappa shape index (κ3) is 4.35. The molecule has 1 aromatic carbocycles. The van der Waals surface area contributed by atoms with Crippen LogP contribution >= 0.6 is 0 Å². The molecular weight excluding hydrogens is 183 g/mol. The Morgan fingerprint density at radius 2 is 1.75 bits per heavy atom. The largest absolute Gasteiger partial charge is 1.00 e.